The van der Waals surface area contributed by atoms with E-state index in [0.29, 0.717) is 23.3 Å². The van der Waals surface area contributed by atoms with Crippen LogP contribution in [-0.2, 0) is 58.8 Å². The molecule has 1 aromatic heterocycles. The molecule has 5 rings (SSSR count). The number of pyridine rings is 1. The SMILES string of the molecule is CC[C@H]1OC(=O)[C@H](C)[C@@H](OC(=O)CCl)[C@H](C)[C@@H](O[C@@H]2O[C@H](C)C[C@H](N(C)C)[C@H]2OC(C)=O)[C@](C)(OC)C[C@@H](C)C(=O)[C@H](C)[C@H]2N(CCCOc3cc(C(=O)Cc4c(Cl)cncc4Cl)ccc3OC)C(=O)O[C@]12C. The van der Waals surface area contributed by atoms with Crippen molar-refractivity contribution in [1.29, 1.82) is 0 Å². The highest BCUT2D eigenvalue weighted by molar-refractivity contribution is 6.36. The molecule has 0 bridgehead atoms. The number of nitrogens with zero attached hydrogens (tertiary/aromatic N) is 3. The topological polar surface area (TPSA) is 205 Å². The average Bonchev–Trinajstić information content (AvgIpc) is 3.61. The average molecular weight is 1090 g/mol. The van der Waals surface area contributed by atoms with E-state index in [0.717, 1.165) is 0 Å². The van der Waals surface area contributed by atoms with Crippen molar-refractivity contribution in [3.05, 3.63) is 51.8 Å². The number of fused-ring (bicyclic) bond motifs is 1. The molecule has 4 heterocycles. The zero-order valence-corrected chi connectivity index (χ0v) is 46.3. The van der Waals surface area contributed by atoms with E-state index in [1.54, 1.807) is 66.7 Å². The molecule has 1 amide bonds. The summed E-state index contributed by atoms with van der Waals surface area (Å²) in [5.41, 5.74) is -2.20. The van der Waals surface area contributed by atoms with Crippen molar-refractivity contribution in [2.75, 3.05) is 47.3 Å². The van der Waals surface area contributed by atoms with Crippen molar-refractivity contribution in [3.63, 3.8) is 0 Å². The maximum absolute atomic E-state index is 15.1. The molecule has 18 nitrogen and oxygen atoms in total. The van der Waals surface area contributed by atoms with Gasteiger partial charge in [0.15, 0.2) is 35.3 Å². The van der Waals surface area contributed by atoms with Gasteiger partial charge in [-0.25, -0.2) is 4.79 Å². The minimum absolute atomic E-state index is 0.0314. The van der Waals surface area contributed by atoms with Crippen LogP contribution in [0.25, 0.3) is 0 Å². The van der Waals surface area contributed by atoms with Gasteiger partial charge >= 0.3 is 24.0 Å². The van der Waals surface area contributed by atoms with Gasteiger partial charge in [-0.05, 0) is 85.7 Å². The summed E-state index contributed by atoms with van der Waals surface area (Å²) in [5.74, 6) is -6.33. The molecule has 2 aromatic rings. The summed E-state index contributed by atoms with van der Waals surface area (Å²) in [4.78, 5) is 90.5. The first-order valence-corrected chi connectivity index (χ1v) is 26.0. The normalized spacial score (nSPS) is 32.2. The van der Waals surface area contributed by atoms with Crippen LogP contribution in [-0.4, -0.2) is 158 Å². The number of carbonyl (C=O) groups is 6. The van der Waals surface area contributed by atoms with Crippen molar-refractivity contribution in [2.45, 2.75) is 155 Å². The standard InChI is InChI=1S/C52H72Cl3N3O15/c1-14-41-52(9)46(58(50(64)73-52)18-15-19-67-40-21-33(16-17-39(40)65-12)38(60)22-34-35(54)25-56-26-36(34)55)29(4)43(62)27(2)23-51(8,66-13)47(30(5)44(71-42(61)24-53)31(6)48(63)70-41)72-49-45(69-32(7)59)37(57(10)11)20-28(3)68-49/h16-17,21,25-31,37,41,44-47,49H,14-15,18-20,22-24H2,1-13H3/t27-,28-,29+,30+,31-,37+,41-,44+,45-,46-,47-,49+,51-,52-/m1/s1. The summed E-state index contributed by atoms with van der Waals surface area (Å²) in [6.07, 6.45) is -2.97. The number of amides is 1. The highest BCUT2D eigenvalue weighted by Crippen LogP contribution is 2.44. The van der Waals surface area contributed by atoms with E-state index in [9.17, 15) is 24.0 Å². The molecule has 73 heavy (non-hydrogen) atoms. The first-order valence-electron chi connectivity index (χ1n) is 24.7. The summed E-state index contributed by atoms with van der Waals surface area (Å²) < 4.78 is 55.9. The monoisotopic (exact) mass is 1080 g/mol. The number of carbonyl (C=O) groups excluding carboxylic acids is 6. The van der Waals surface area contributed by atoms with Gasteiger partial charge in [0.1, 0.15) is 23.9 Å². The summed E-state index contributed by atoms with van der Waals surface area (Å²) in [6, 6.07) is 3.46. The first-order chi connectivity index (χ1) is 34.3. The Morgan fingerprint density at radius 2 is 1.62 bits per heavy atom. The Hall–Kier alpha value is -4.30. The Morgan fingerprint density at radius 1 is 0.945 bits per heavy atom. The lowest BCUT2D eigenvalue weighted by molar-refractivity contribution is -0.303. The van der Waals surface area contributed by atoms with E-state index in [1.807, 2.05) is 25.9 Å². The number of rotatable bonds is 17. The Morgan fingerprint density at radius 3 is 2.21 bits per heavy atom. The molecule has 0 unspecified atom stereocenters. The highest BCUT2D eigenvalue weighted by Gasteiger charge is 2.60. The van der Waals surface area contributed by atoms with Gasteiger partial charge in [-0.2, -0.15) is 0 Å². The van der Waals surface area contributed by atoms with Gasteiger partial charge in [0.2, 0.25) is 0 Å². The van der Waals surface area contributed by atoms with Gasteiger partial charge < -0.3 is 52.4 Å². The highest BCUT2D eigenvalue weighted by atomic mass is 35.5. The second-order valence-corrected chi connectivity index (χ2v) is 21.1. The van der Waals surface area contributed by atoms with Gasteiger partial charge in [0.25, 0.3) is 0 Å². The van der Waals surface area contributed by atoms with Crippen LogP contribution >= 0.6 is 34.8 Å². The number of likely N-dealkylation sites (N-methyl/N-ethyl adjacent to an activating group) is 1. The molecule has 0 aliphatic carbocycles. The quantitative estimate of drug-likeness (QED) is 0.0485. The van der Waals surface area contributed by atoms with Gasteiger partial charge in [0, 0.05) is 68.3 Å². The zero-order chi connectivity index (χ0) is 54.3. The lowest BCUT2D eigenvalue weighted by Gasteiger charge is -2.49. The number of hydrogen-bond donors (Lipinski definition) is 0. The second-order valence-electron chi connectivity index (χ2n) is 20.0. The molecule has 0 spiro atoms. The molecule has 3 aliphatic rings. The molecule has 1 aromatic carbocycles. The Bertz CT molecular complexity index is 2290. The van der Waals surface area contributed by atoms with Crippen molar-refractivity contribution >= 4 is 70.4 Å². The van der Waals surface area contributed by atoms with Gasteiger partial charge in [0.05, 0.1) is 59.6 Å². The third-order valence-corrected chi connectivity index (χ3v) is 15.4. The molecular formula is C52H72Cl3N3O15. The number of cyclic esters (lactones) is 1. The number of ketones is 2. The zero-order valence-electron chi connectivity index (χ0n) is 44.1. The number of methoxy groups -OCH3 is 2. The third kappa shape index (κ3) is 13.6. The predicted molar refractivity (Wildman–Crippen MR) is 270 cm³/mol. The van der Waals surface area contributed by atoms with E-state index in [2.05, 4.69) is 4.98 Å². The molecule has 21 heteroatoms. The predicted octanol–water partition coefficient (Wildman–Crippen LogP) is 7.95. The van der Waals surface area contributed by atoms with Crippen LogP contribution in [0.4, 0.5) is 4.79 Å². The molecule has 14 atom stereocenters. The summed E-state index contributed by atoms with van der Waals surface area (Å²) in [5, 5.41) is 0.517. The minimum Gasteiger partial charge on any atom is -0.493 e. The van der Waals surface area contributed by atoms with Crippen LogP contribution in [0.1, 0.15) is 104 Å². The maximum Gasteiger partial charge on any atom is 0.410 e. The lowest BCUT2D eigenvalue weighted by atomic mass is 9.73. The van der Waals surface area contributed by atoms with Crippen LogP contribution in [0.3, 0.4) is 0 Å². The van der Waals surface area contributed by atoms with E-state index >= 15 is 4.79 Å². The number of halogens is 3. The summed E-state index contributed by atoms with van der Waals surface area (Å²) >= 11 is 18.6. The Labute approximate surface area is 443 Å². The smallest absolute Gasteiger partial charge is 0.410 e. The van der Waals surface area contributed by atoms with Gasteiger partial charge in [-0.15, -0.1) is 11.6 Å². The van der Waals surface area contributed by atoms with E-state index in [-0.39, 0.29) is 78.3 Å². The largest absolute Gasteiger partial charge is 0.493 e. The number of hydrogen-bond acceptors (Lipinski definition) is 17. The van der Waals surface area contributed by atoms with Crippen LogP contribution in [0.15, 0.2) is 30.6 Å². The van der Waals surface area contributed by atoms with Gasteiger partial charge in [-0.3, -0.25) is 29.0 Å². The Balaban J connectivity index is 1.50. The van der Waals surface area contributed by atoms with E-state index < -0.39 is 102 Å². The molecule has 3 fully saturated rings. The number of alkyl halides is 1. The summed E-state index contributed by atoms with van der Waals surface area (Å²) in [6.45, 7) is 15.2. The fourth-order valence-corrected chi connectivity index (χ4v) is 11.4. The van der Waals surface area contributed by atoms with Crippen LogP contribution in [0.5, 0.6) is 11.5 Å². The lowest BCUT2D eigenvalue weighted by Crippen LogP contribution is -2.61. The van der Waals surface area contributed by atoms with E-state index in [4.69, 9.17) is 77.4 Å². The first kappa shape index (κ1) is 59.6. The number of benzene rings is 1. The number of aromatic nitrogens is 1. The van der Waals surface area contributed by atoms with Gasteiger partial charge in [-0.1, -0.05) is 50.9 Å². The molecule has 0 saturated carbocycles. The van der Waals surface area contributed by atoms with Crippen molar-refractivity contribution in [3.8, 4) is 11.5 Å². The fraction of sp³-hybridized carbons (Fsp3) is 0.673. The Kier molecular flexibility index (Phi) is 20.8. The van der Waals surface area contributed by atoms with Crippen molar-refractivity contribution in [2.24, 2.45) is 23.7 Å². The molecule has 3 saturated heterocycles. The molecule has 3 aliphatic heterocycles. The van der Waals surface area contributed by atoms with Crippen LogP contribution in [0, 0.1) is 23.7 Å². The van der Waals surface area contributed by atoms with E-state index in [1.165, 1.54) is 38.4 Å². The van der Waals surface area contributed by atoms with Crippen LogP contribution in [0.2, 0.25) is 10.0 Å². The second kappa shape index (κ2) is 25.5. The molecule has 0 radical (unpaired) electrons. The number of esters is 3. The summed E-state index contributed by atoms with van der Waals surface area (Å²) in [7, 11) is 6.65. The molecular weight excluding hydrogens is 1010 g/mol. The minimum atomic E-state index is -1.56. The third-order valence-electron chi connectivity index (χ3n) is 14.6. The van der Waals surface area contributed by atoms with Crippen molar-refractivity contribution < 1.29 is 71.4 Å². The number of Topliss-reactive ketones (excluding diaryl/α,β-unsaturated/α-hetero) is 2. The maximum atomic E-state index is 15.1. The van der Waals surface area contributed by atoms with Crippen LogP contribution < -0.4 is 9.47 Å². The van der Waals surface area contributed by atoms with Crippen molar-refractivity contribution in [1.82, 2.24) is 14.8 Å². The molecule has 406 valence electrons. The molecule has 0 N–H and O–H groups in total. The number of ether oxygens (including phenoxy) is 9. The fourth-order valence-electron chi connectivity index (χ4n) is 10.8.